The molecule has 0 bridgehead atoms. The normalized spacial score (nSPS) is 22.1. The third kappa shape index (κ3) is 2.27. The molecule has 0 radical (unpaired) electrons. The molecule has 1 unspecified atom stereocenters. The number of aromatic nitrogens is 2. The van der Waals surface area contributed by atoms with Crippen LogP contribution in [0, 0.1) is 5.92 Å². The zero-order chi connectivity index (χ0) is 9.97. The molecule has 5 heteroatoms. The molecule has 2 rings (SSSR count). The van der Waals surface area contributed by atoms with Crippen LogP contribution in [0.25, 0.3) is 0 Å². The summed E-state index contributed by atoms with van der Waals surface area (Å²) in [5.41, 5.74) is 0. The molecule has 0 amide bonds. The maximum absolute atomic E-state index is 5.21. The Morgan fingerprint density at radius 3 is 3.14 bits per heavy atom. The Hall–Kier alpha value is -0.550. The van der Waals surface area contributed by atoms with Crippen molar-refractivity contribution >= 4 is 11.8 Å². The molecule has 1 aromatic heterocycles. The quantitative estimate of drug-likeness (QED) is 0.826. The fraction of sp³-hybridized carbons (Fsp3) is 0.778. The van der Waals surface area contributed by atoms with Crippen LogP contribution in [0.2, 0.25) is 0 Å². The van der Waals surface area contributed by atoms with E-state index in [9.17, 15) is 0 Å². The van der Waals surface area contributed by atoms with E-state index in [0.29, 0.717) is 5.92 Å². The first-order valence-electron chi connectivity index (χ1n) is 4.89. The monoisotopic (exact) mass is 213 g/mol. The van der Waals surface area contributed by atoms with E-state index in [0.717, 1.165) is 29.8 Å². The van der Waals surface area contributed by atoms with Crippen LogP contribution in [0.4, 0.5) is 0 Å². The van der Waals surface area contributed by atoms with Crippen LogP contribution < -0.4 is 5.32 Å². The van der Waals surface area contributed by atoms with Gasteiger partial charge in [0.15, 0.2) is 5.82 Å². The van der Waals surface area contributed by atoms with Gasteiger partial charge in [-0.1, -0.05) is 19.0 Å². The van der Waals surface area contributed by atoms with Crippen molar-refractivity contribution in [1.29, 1.82) is 0 Å². The molecular formula is C9H15N3OS. The summed E-state index contributed by atoms with van der Waals surface area (Å²) in [5.74, 6) is 4.15. The Bertz CT molecular complexity index is 294. The van der Waals surface area contributed by atoms with Gasteiger partial charge in [-0.15, -0.1) is 11.8 Å². The van der Waals surface area contributed by atoms with Crippen molar-refractivity contribution in [1.82, 2.24) is 15.5 Å². The SMILES string of the molecule is CC(C)Cc1noc(C2CSCN2)n1. The van der Waals surface area contributed by atoms with Gasteiger partial charge in [0.25, 0.3) is 0 Å². The minimum atomic E-state index is 0.258. The van der Waals surface area contributed by atoms with Gasteiger partial charge in [0, 0.05) is 18.1 Å². The predicted molar refractivity (Wildman–Crippen MR) is 56.0 cm³/mol. The van der Waals surface area contributed by atoms with E-state index in [1.165, 1.54) is 0 Å². The van der Waals surface area contributed by atoms with Gasteiger partial charge >= 0.3 is 0 Å². The van der Waals surface area contributed by atoms with Crippen molar-refractivity contribution in [2.75, 3.05) is 11.6 Å². The minimum Gasteiger partial charge on any atom is -0.338 e. The lowest BCUT2D eigenvalue weighted by Crippen LogP contribution is -2.14. The molecule has 78 valence electrons. The second-order valence-electron chi connectivity index (χ2n) is 3.92. The van der Waals surface area contributed by atoms with Crippen molar-refractivity contribution in [2.24, 2.45) is 5.92 Å². The first-order valence-corrected chi connectivity index (χ1v) is 6.05. The number of thioether (sulfide) groups is 1. The predicted octanol–water partition coefficient (Wildman–Crippen LogP) is 1.60. The fourth-order valence-corrected chi connectivity index (χ4v) is 2.34. The van der Waals surface area contributed by atoms with Crippen molar-refractivity contribution in [3.63, 3.8) is 0 Å². The molecule has 1 atom stereocenters. The summed E-state index contributed by atoms with van der Waals surface area (Å²) in [7, 11) is 0. The van der Waals surface area contributed by atoms with Crippen LogP contribution in [0.3, 0.4) is 0 Å². The van der Waals surface area contributed by atoms with E-state index in [4.69, 9.17) is 4.52 Å². The molecule has 2 heterocycles. The van der Waals surface area contributed by atoms with Crippen LogP contribution in [0.15, 0.2) is 4.52 Å². The zero-order valence-electron chi connectivity index (χ0n) is 8.49. The van der Waals surface area contributed by atoms with Gasteiger partial charge in [0.2, 0.25) is 5.89 Å². The van der Waals surface area contributed by atoms with Crippen LogP contribution in [0.5, 0.6) is 0 Å². The first-order chi connectivity index (χ1) is 6.75. The maximum atomic E-state index is 5.21. The van der Waals surface area contributed by atoms with Gasteiger partial charge in [0.05, 0.1) is 6.04 Å². The standard InChI is InChI=1S/C9H15N3OS/c1-6(2)3-8-11-9(13-12-8)7-4-14-5-10-7/h6-7,10H,3-5H2,1-2H3. The van der Waals surface area contributed by atoms with E-state index in [-0.39, 0.29) is 6.04 Å². The van der Waals surface area contributed by atoms with Crippen LogP contribution in [0.1, 0.15) is 31.6 Å². The van der Waals surface area contributed by atoms with E-state index in [1.807, 2.05) is 11.8 Å². The van der Waals surface area contributed by atoms with E-state index in [2.05, 4.69) is 29.3 Å². The molecule has 0 saturated carbocycles. The van der Waals surface area contributed by atoms with E-state index in [1.54, 1.807) is 0 Å². The molecule has 1 aliphatic rings. The van der Waals surface area contributed by atoms with Crippen molar-refractivity contribution in [3.8, 4) is 0 Å². The highest BCUT2D eigenvalue weighted by Crippen LogP contribution is 2.22. The molecule has 1 saturated heterocycles. The highest BCUT2D eigenvalue weighted by molar-refractivity contribution is 7.99. The Morgan fingerprint density at radius 2 is 2.50 bits per heavy atom. The summed E-state index contributed by atoms with van der Waals surface area (Å²) in [6.07, 6.45) is 0.892. The summed E-state index contributed by atoms with van der Waals surface area (Å²) >= 11 is 1.86. The van der Waals surface area contributed by atoms with Crippen molar-refractivity contribution in [2.45, 2.75) is 26.3 Å². The highest BCUT2D eigenvalue weighted by atomic mass is 32.2. The molecule has 1 aliphatic heterocycles. The Labute approximate surface area is 87.8 Å². The average molecular weight is 213 g/mol. The maximum Gasteiger partial charge on any atom is 0.244 e. The molecule has 1 fully saturated rings. The molecule has 1 aromatic rings. The smallest absolute Gasteiger partial charge is 0.244 e. The topological polar surface area (TPSA) is 51.0 Å². The third-order valence-corrected chi connectivity index (χ3v) is 3.03. The van der Waals surface area contributed by atoms with Gasteiger partial charge < -0.3 is 4.52 Å². The summed E-state index contributed by atoms with van der Waals surface area (Å²) in [6.45, 7) is 4.30. The molecule has 0 aliphatic carbocycles. The third-order valence-electron chi connectivity index (χ3n) is 2.09. The van der Waals surface area contributed by atoms with Gasteiger partial charge in [-0.25, -0.2) is 0 Å². The van der Waals surface area contributed by atoms with Crippen LogP contribution >= 0.6 is 11.8 Å². The van der Waals surface area contributed by atoms with Gasteiger partial charge in [-0.05, 0) is 5.92 Å². The second-order valence-corrected chi connectivity index (χ2v) is 4.95. The number of nitrogens with zero attached hydrogens (tertiary/aromatic N) is 2. The Balaban J connectivity index is 2.01. The zero-order valence-corrected chi connectivity index (χ0v) is 9.30. The molecule has 4 nitrogen and oxygen atoms in total. The van der Waals surface area contributed by atoms with Crippen molar-refractivity contribution in [3.05, 3.63) is 11.7 Å². The summed E-state index contributed by atoms with van der Waals surface area (Å²) in [6, 6.07) is 0.258. The minimum absolute atomic E-state index is 0.258. The Kier molecular flexibility index (Phi) is 3.08. The average Bonchev–Trinajstić information content (AvgIpc) is 2.69. The second kappa shape index (κ2) is 4.31. The Morgan fingerprint density at radius 1 is 1.64 bits per heavy atom. The lowest BCUT2D eigenvalue weighted by atomic mass is 10.1. The number of hydrogen-bond donors (Lipinski definition) is 1. The lowest BCUT2D eigenvalue weighted by molar-refractivity contribution is 0.346. The number of hydrogen-bond acceptors (Lipinski definition) is 5. The highest BCUT2D eigenvalue weighted by Gasteiger charge is 2.22. The van der Waals surface area contributed by atoms with Crippen molar-refractivity contribution < 1.29 is 4.52 Å². The van der Waals surface area contributed by atoms with Gasteiger partial charge in [-0.2, -0.15) is 4.98 Å². The lowest BCUT2D eigenvalue weighted by Gasteiger charge is -2.00. The molecular weight excluding hydrogens is 198 g/mol. The fourth-order valence-electron chi connectivity index (χ4n) is 1.41. The molecule has 0 spiro atoms. The summed E-state index contributed by atoms with van der Waals surface area (Å²) < 4.78 is 5.21. The summed E-state index contributed by atoms with van der Waals surface area (Å²) in [5, 5.41) is 7.27. The number of nitrogens with one attached hydrogen (secondary N) is 1. The molecule has 1 N–H and O–H groups in total. The van der Waals surface area contributed by atoms with Gasteiger partial charge in [-0.3, -0.25) is 5.32 Å². The number of rotatable bonds is 3. The van der Waals surface area contributed by atoms with Gasteiger partial charge in [0.1, 0.15) is 0 Å². The van der Waals surface area contributed by atoms with Crippen LogP contribution in [-0.2, 0) is 6.42 Å². The molecule has 0 aromatic carbocycles. The van der Waals surface area contributed by atoms with E-state index < -0.39 is 0 Å². The largest absolute Gasteiger partial charge is 0.338 e. The summed E-state index contributed by atoms with van der Waals surface area (Å²) in [4.78, 5) is 4.38. The molecule has 14 heavy (non-hydrogen) atoms. The van der Waals surface area contributed by atoms with Crippen LogP contribution in [-0.4, -0.2) is 21.8 Å². The van der Waals surface area contributed by atoms with E-state index >= 15 is 0 Å². The first kappa shape index (κ1) is 9.98.